The molecule has 1 rings (SSSR count). The van der Waals surface area contributed by atoms with Crippen LogP contribution in [0.1, 0.15) is 36.7 Å². The van der Waals surface area contributed by atoms with Crippen LogP contribution in [-0.4, -0.2) is 28.7 Å². The van der Waals surface area contributed by atoms with E-state index in [1.54, 1.807) is 27.7 Å². The highest BCUT2D eigenvalue weighted by Gasteiger charge is 2.16. The van der Waals surface area contributed by atoms with Crippen LogP contribution in [0.2, 0.25) is 0 Å². The number of carboxylic acid groups (broad SMARTS) is 1. The lowest BCUT2D eigenvalue weighted by Crippen LogP contribution is -2.40. The molecule has 0 spiro atoms. The normalized spacial score (nSPS) is 11.9. The molecule has 21 heavy (non-hydrogen) atoms. The van der Waals surface area contributed by atoms with Crippen LogP contribution < -0.4 is 11.1 Å². The maximum Gasteiger partial charge on any atom is 0.414 e. The topological polar surface area (TPSA) is 114 Å². The summed E-state index contributed by atoms with van der Waals surface area (Å²) in [4.78, 5) is 26.4. The van der Waals surface area contributed by atoms with E-state index in [-0.39, 0.29) is 11.5 Å². The van der Waals surface area contributed by atoms with Crippen LogP contribution in [0, 0.1) is 6.92 Å². The first kappa shape index (κ1) is 16.5. The molecule has 0 radical (unpaired) electrons. The maximum absolute atomic E-state index is 11.5. The van der Waals surface area contributed by atoms with Crippen molar-refractivity contribution in [1.82, 2.24) is 5.32 Å². The van der Waals surface area contributed by atoms with E-state index in [0.717, 1.165) is 0 Å². The molecule has 114 valence electrons. The molecule has 4 N–H and O–H groups in total. The number of nitrogens with one attached hydrogen (secondary N) is 1. The fraction of sp³-hybridized carbons (Fsp3) is 0.357. The largest absolute Gasteiger partial charge is 0.478 e. The predicted octanol–water partition coefficient (Wildman–Crippen LogP) is 2.16. The van der Waals surface area contributed by atoms with Crippen LogP contribution in [0.25, 0.3) is 0 Å². The minimum absolute atomic E-state index is 0.129. The highest BCUT2D eigenvalue weighted by Crippen LogP contribution is 2.19. The van der Waals surface area contributed by atoms with Crippen LogP contribution in [0.15, 0.2) is 23.2 Å². The van der Waals surface area contributed by atoms with Crippen molar-refractivity contribution in [3.8, 4) is 0 Å². The zero-order valence-electron chi connectivity index (χ0n) is 12.4. The van der Waals surface area contributed by atoms with Gasteiger partial charge >= 0.3 is 12.1 Å². The number of carboxylic acids is 1. The molecule has 7 nitrogen and oxygen atoms in total. The van der Waals surface area contributed by atoms with Gasteiger partial charge in [-0.3, -0.25) is 5.32 Å². The highest BCUT2D eigenvalue weighted by molar-refractivity contribution is 5.94. The average molecular weight is 293 g/mol. The second-order valence-electron chi connectivity index (χ2n) is 5.43. The number of rotatable bonds is 2. The second kappa shape index (κ2) is 6.25. The molecular weight excluding hydrogens is 274 g/mol. The van der Waals surface area contributed by atoms with Gasteiger partial charge in [-0.1, -0.05) is 0 Å². The molecule has 1 aromatic carbocycles. The molecule has 0 bridgehead atoms. The van der Waals surface area contributed by atoms with Gasteiger partial charge in [-0.2, -0.15) is 0 Å². The van der Waals surface area contributed by atoms with Crippen molar-refractivity contribution in [2.75, 3.05) is 0 Å². The number of alkyl carbamates (subject to hydrolysis) is 1. The Bertz CT molecular complexity index is 588. The summed E-state index contributed by atoms with van der Waals surface area (Å²) >= 11 is 0. The Kier molecular flexibility index (Phi) is 4.91. The van der Waals surface area contributed by atoms with Gasteiger partial charge in [0.1, 0.15) is 5.60 Å². The van der Waals surface area contributed by atoms with Crippen molar-refractivity contribution >= 4 is 23.7 Å². The molecule has 0 saturated carbocycles. The summed E-state index contributed by atoms with van der Waals surface area (Å²) in [6, 6.07) is 4.40. The van der Waals surface area contributed by atoms with Crippen molar-refractivity contribution in [3.63, 3.8) is 0 Å². The molecule has 0 aliphatic carbocycles. The summed E-state index contributed by atoms with van der Waals surface area (Å²) in [6.45, 7) is 6.89. The summed E-state index contributed by atoms with van der Waals surface area (Å²) in [6.07, 6.45) is -0.705. The summed E-state index contributed by atoms with van der Waals surface area (Å²) in [5.74, 6) is -1.15. The smallest absolute Gasteiger partial charge is 0.414 e. The number of nitrogens with two attached hydrogens (primary N) is 1. The van der Waals surface area contributed by atoms with E-state index in [0.29, 0.717) is 11.3 Å². The number of carbonyl (C=O) groups excluding carboxylic acids is 1. The Morgan fingerprint density at radius 2 is 1.95 bits per heavy atom. The van der Waals surface area contributed by atoms with E-state index >= 15 is 0 Å². The molecule has 0 aromatic heterocycles. The Hall–Kier alpha value is -2.57. The first-order valence-electron chi connectivity index (χ1n) is 6.26. The third-order valence-corrected chi connectivity index (χ3v) is 2.31. The fourth-order valence-electron chi connectivity index (χ4n) is 1.48. The standard InChI is InChI=1S/C14H19N3O4/c1-8-7-9(11(18)19)5-6-10(8)16-12(15)17-13(20)21-14(2,3)4/h5-7H,1-4H3,(H,18,19)(H3,15,16,17,20). The van der Waals surface area contributed by atoms with E-state index in [1.807, 2.05) is 0 Å². The van der Waals surface area contributed by atoms with Crippen LogP contribution >= 0.6 is 0 Å². The molecule has 1 amide bonds. The van der Waals surface area contributed by atoms with E-state index in [4.69, 9.17) is 15.6 Å². The lowest BCUT2D eigenvalue weighted by atomic mass is 10.1. The minimum Gasteiger partial charge on any atom is -0.478 e. The Balaban J connectivity index is 2.83. The van der Waals surface area contributed by atoms with E-state index < -0.39 is 17.7 Å². The van der Waals surface area contributed by atoms with E-state index in [2.05, 4.69) is 10.3 Å². The van der Waals surface area contributed by atoms with Crippen LogP contribution in [0.5, 0.6) is 0 Å². The number of aryl methyl sites for hydroxylation is 1. The average Bonchev–Trinajstić information content (AvgIpc) is 2.28. The van der Waals surface area contributed by atoms with Gasteiger partial charge in [0, 0.05) is 0 Å². The Morgan fingerprint density at radius 3 is 2.43 bits per heavy atom. The van der Waals surface area contributed by atoms with Gasteiger partial charge in [0.15, 0.2) is 0 Å². The van der Waals surface area contributed by atoms with Crippen LogP contribution in [-0.2, 0) is 4.74 Å². The summed E-state index contributed by atoms with van der Waals surface area (Å²) < 4.78 is 5.04. The van der Waals surface area contributed by atoms with Crippen molar-refractivity contribution in [3.05, 3.63) is 29.3 Å². The third kappa shape index (κ3) is 5.52. The Morgan fingerprint density at radius 1 is 1.33 bits per heavy atom. The third-order valence-electron chi connectivity index (χ3n) is 2.31. The molecule has 0 aliphatic rings. The van der Waals surface area contributed by atoms with Gasteiger partial charge in [-0.15, -0.1) is 0 Å². The lowest BCUT2D eigenvalue weighted by Gasteiger charge is -2.19. The number of nitrogens with zero attached hydrogens (tertiary/aromatic N) is 1. The number of carbonyl (C=O) groups is 2. The van der Waals surface area contributed by atoms with Gasteiger partial charge in [0.2, 0.25) is 5.96 Å². The number of benzene rings is 1. The highest BCUT2D eigenvalue weighted by atomic mass is 16.6. The predicted molar refractivity (Wildman–Crippen MR) is 78.8 cm³/mol. The van der Waals surface area contributed by atoms with Gasteiger partial charge in [0.05, 0.1) is 11.3 Å². The fourth-order valence-corrected chi connectivity index (χ4v) is 1.48. The SMILES string of the molecule is Cc1cc(C(=O)O)ccc1N=C(N)NC(=O)OC(C)(C)C. The number of aromatic carboxylic acids is 1. The van der Waals surface area contributed by atoms with Gasteiger partial charge in [-0.25, -0.2) is 14.6 Å². The molecular formula is C14H19N3O4. The van der Waals surface area contributed by atoms with Crippen molar-refractivity contribution in [1.29, 1.82) is 0 Å². The first-order chi connectivity index (χ1) is 9.58. The molecule has 0 heterocycles. The summed E-state index contributed by atoms with van der Waals surface area (Å²) in [5.41, 5.74) is 6.23. The first-order valence-corrected chi connectivity index (χ1v) is 6.26. The molecule has 0 aliphatic heterocycles. The van der Waals surface area contributed by atoms with Crippen molar-refractivity contribution in [2.45, 2.75) is 33.3 Å². The lowest BCUT2D eigenvalue weighted by molar-refractivity contribution is 0.0561. The van der Waals surface area contributed by atoms with E-state index in [1.165, 1.54) is 18.2 Å². The summed E-state index contributed by atoms with van der Waals surface area (Å²) in [5, 5.41) is 11.2. The number of aliphatic imine (C=N–C) groups is 1. The summed E-state index contributed by atoms with van der Waals surface area (Å²) in [7, 11) is 0. The Labute approximate surface area is 122 Å². The number of guanidine groups is 1. The van der Waals surface area contributed by atoms with Crippen molar-refractivity contribution < 1.29 is 19.4 Å². The van der Waals surface area contributed by atoms with Gasteiger partial charge in [-0.05, 0) is 51.5 Å². The quantitative estimate of drug-likeness (QED) is 0.571. The molecule has 0 atom stereocenters. The number of amides is 1. The van der Waals surface area contributed by atoms with Crippen molar-refractivity contribution in [2.24, 2.45) is 10.7 Å². The van der Waals surface area contributed by atoms with E-state index in [9.17, 15) is 9.59 Å². The maximum atomic E-state index is 11.5. The molecule has 0 saturated heterocycles. The monoisotopic (exact) mass is 293 g/mol. The molecule has 7 heteroatoms. The molecule has 0 unspecified atom stereocenters. The number of hydrogen-bond donors (Lipinski definition) is 3. The van der Waals surface area contributed by atoms with Gasteiger partial charge < -0.3 is 15.6 Å². The molecule has 0 fully saturated rings. The van der Waals surface area contributed by atoms with Gasteiger partial charge in [0.25, 0.3) is 0 Å². The minimum atomic E-state index is -1.02. The number of ether oxygens (including phenoxy) is 1. The molecule has 1 aromatic rings. The van der Waals surface area contributed by atoms with Crippen LogP contribution in [0.4, 0.5) is 10.5 Å². The second-order valence-corrected chi connectivity index (χ2v) is 5.43. The van der Waals surface area contributed by atoms with Crippen LogP contribution in [0.3, 0.4) is 0 Å². The zero-order valence-corrected chi connectivity index (χ0v) is 12.4. The number of hydrogen-bond acceptors (Lipinski definition) is 4. The zero-order chi connectivity index (χ0) is 16.2.